The van der Waals surface area contributed by atoms with Gasteiger partial charge in [0.1, 0.15) is 0 Å². The topological polar surface area (TPSA) is 36.3 Å². The number of piperidine rings is 1. The maximum Gasteiger partial charge on any atom is 0.166 e. The first-order chi connectivity index (χ1) is 7.19. The molecule has 2 heterocycles. The van der Waals surface area contributed by atoms with Crippen molar-refractivity contribution in [2.24, 2.45) is 0 Å². The normalized spacial score (nSPS) is 39.1. The van der Waals surface area contributed by atoms with Crippen LogP contribution < -0.4 is 0 Å². The van der Waals surface area contributed by atoms with Crippen LogP contribution in [0.5, 0.6) is 0 Å². The molecule has 3 nitrogen and oxygen atoms in total. The summed E-state index contributed by atoms with van der Waals surface area (Å²) in [6, 6.07) is 2.14. The Morgan fingerprint density at radius 3 is 2.60 bits per heavy atom. The van der Waals surface area contributed by atoms with Crippen LogP contribution in [0.25, 0.3) is 0 Å². The van der Waals surface area contributed by atoms with Gasteiger partial charge in [-0.15, -0.1) is 0 Å². The zero-order valence-corrected chi connectivity index (χ0v) is 10.6. The molecule has 2 fully saturated rings. The molecule has 2 saturated heterocycles. The number of rotatable bonds is 1. The standard InChI is InChI=1S/C10H14FIN2O/c11-9-5-15-7-10(9,6-13)14-3-1-8(12)2-4-14/h8-9H,1-5,7H2. The molecule has 0 aliphatic carbocycles. The summed E-state index contributed by atoms with van der Waals surface area (Å²) in [5.74, 6) is 0. The fourth-order valence-electron chi connectivity index (χ4n) is 2.26. The van der Waals surface area contributed by atoms with Gasteiger partial charge in [-0.2, -0.15) is 5.26 Å². The molecule has 0 aromatic rings. The third-order valence-electron chi connectivity index (χ3n) is 3.29. The lowest BCUT2D eigenvalue weighted by Gasteiger charge is -2.39. The van der Waals surface area contributed by atoms with Crippen molar-refractivity contribution in [3.63, 3.8) is 0 Å². The lowest BCUT2D eigenvalue weighted by molar-refractivity contribution is 0.0648. The SMILES string of the molecule is N#CC1(N2CCC(I)CC2)COCC1F. The smallest absolute Gasteiger partial charge is 0.166 e. The summed E-state index contributed by atoms with van der Waals surface area (Å²) in [4.78, 5) is 1.97. The molecule has 2 atom stereocenters. The van der Waals surface area contributed by atoms with Gasteiger partial charge in [0.15, 0.2) is 11.7 Å². The van der Waals surface area contributed by atoms with E-state index in [4.69, 9.17) is 4.74 Å². The van der Waals surface area contributed by atoms with Gasteiger partial charge in [0.2, 0.25) is 0 Å². The first-order valence-corrected chi connectivity index (χ1v) is 6.46. The van der Waals surface area contributed by atoms with Crippen LogP contribution in [0.3, 0.4) is 0 Å². The molecule has 5 heteroatoms. The van der Waals surface area contributed by atoms with Crippen LogP contribution in [0.4, 0.5) is 4.39 Å². The van der Waals surface area contributed by atoms with Crippen LogP contribution in [-0.2, 0) is 4.74 Å². The Kier molecular flexibility index (Phi) is 3.48. The number of alkyl halides is 2. The molecule has 0 radical (unpaired) electrons. The van der Waals surface area contributed by atoms with Crippen molar-refractivity contribution in [1.29, 1.82) is 5.26 Å². The Balaban J connectivity index is 2.10. The van der Waals surface area contributed by atoms with Crippen LogP contribution in [0.2, 0.25) is 0 Å². The second-order valence-corrected chi connectivity index (χ2v) is 5.94. The quantitative estimate of drug-likeness (QED) is 0.542. The van der Waals surface area contributed by atoms with Crippen molar-refractivity contribution in [3.05, 3.63) is 0 Å². The van der Waals surface area contributed by atoms with E-state index in [1.165, 1.54) is 0 Å². The van der Waals surface area contributed by atoms with Gasteiger partial charge >= 0.3 is 0 Å². The summed E-state index contributed by atoms with van der Waals surface area (Å²) in [6.07, 6.45) is 0.918. The van der Waals surface area contributed by atoms with E-state index in [-0.39, 0.29) is 13.2 Å². The zero-order chi connectivity index (χ0) is 10.9. The van der Waals surface area contributed by atoms with E-state index in [9.17, 15) is 9.65 Å². The van der Waals surface area contributed by atoms with Crippen molar-refractivity contribution < 1.29 is 9.13 Å². The molecular weight excluding hydrogens is 310 g/mol. The van der Waals surface area contributed by atoms with Crippen molar-refractivity contribution in [1.82, 2.24) is 4.90 Å². The average molecular weight is 324 g/mol. The molecule has 0 aromatic heterocycles. The van der Waals surface area contributed by atoms with Gasteiger partial charge in [-0.05, 0) is 12.8 Å². The number of hydrogen-bond donors (Lipinski definition) is 0. The minimum Gasteiger partial charge on any atom is -0.375 e. The summed E-state index contributed by atoms with van der Waals surface area (Å²) in [6.45, 7) is 1.91. The third-order valence-corrected chi connectivity index (χ3v) is 4.53. The highest BCUT2D eigenvalue weighted by Crippen LogP contribution is 2.32. The Bertz CT molecular complexity index is 275. The van der Waals surface area contributed by atoms with E-state index in [0.717, 1.165) is 25.9 Å². The second-order valence-electron chi connectivity index (χ2n) is 4.18. The van der Waals surface area contributed by atoms with Crippen molar-refractivity contribution in [2.75, 3.05) is 26.3 Å². The predicted molar refractivity (Wildman–Crippen MR) is 62.7 cm³/mol. The maximum absolute atomic E-state index is 13.7. The Morgan fingerprint density at radius 2 is 2.13 bits per heavy atom. The monoisotopic (exact) mass is 324 g/mol. The number of nitriles is 1. The highest BCUT2D eigenvalue weighted by Gasteiger charge is 2.50. The van der Waals surface area contributed by atoms with Crippen molar-refractivity contribution in [2.45, 2.75) is 28.5 Å². The summed E-state index contributed by atoms with van der Waals surface area (Å²) in [5, 5.41) is 9.19. The Hall–Kier alpha value is 0.0700. The van der Waals surface area contributed by atoms with Crippen LogP contribution in [0.15, 0.2) is 0 Å². The van der Waals surface area contributed by atoms with Gasteiger partial charge in [0.05, 0.1) is 19.3 Å². The second kappa shape index (κ2) is 4.52. The van der Waals surface area contributed by atoms with Crippen molar-refractivity contribution >= 4 is 22.6 Å². The summed E-state index contributed by atoms with van der Waals surface area (Å²) in [7, 11) is 0. The number of hydrogen-bond acceptors (Lipinski definition) is 3. The number of ether oxygens (including phenoxy) is 1. The summed E-state index contributed by atoms with van der Waals surface area (Å²) in [5.41, 5.74) is -1.00. The van der Waals surface area contributed by atoms with E-state index in [1.807, 2.05) is 4.90 Å². The molecule has 0 bridgehead atoms. The summed E-state index contributed by atoms with van der Waals surface area (Å²) < 4.78 is 19.5. The lowest BCUT2D eigenvalue weighted by Crippen LogP contribution is -2.56. The largest absolute Gasteiger partial charge is 0.375 e. The number of nitrogens with zero attached hydrogens (tertiary/aromatic N) is 2. The van der Waals surface area contributed by atoms with Crippen LogP contribution >= 0.6 is 22.6 Å². The maximum atomic E-state index is 13.7. The van der Waals surface area contributed by atoms with E-state index in [2.05, 4.69) is 28.7 Å². The van der Waals surface area contributed by atoms with Crippen LogP contribution in [0, 0.1) is 11.3 Å². The molecule has 2 aliphatic rings. The van der Waals surface area contributed by atoms with Gasteiger partial charge in [0.25, 0.3) is 0 Å². The third kappa shape index (κ3) is 1.99. The molecule has 0 amide bonds. The molecule has 0 N–H and O–H groups in total. The predicted octanol–water partition coefficient (Wildman–Crippen LogP) is 1.52. The first-order valence-electron chi connectivity index (χ1n) is 5.21. The van der Waals surface area contributed by atoms with Crippen LogP contribution in [-0.4, -0.2) is 46.8 Å². The molecule has 2 unspecified atom stereocenters. The molecule has 0 spiro atoms. The Morgan fingerprint density at radius 1 is 1.47 bits per heavy atom. The van der Waals surface area contributed by atoms with E-state index in [1.54, 1.807) is 0 Å². The van der Waals surface area contributed by atoms with E-state index in [0.29, 0.717) is 3.92 Å². The Labute approximate surface area is 103 Å². The molecular formula is C10H14FIN2O. The molecule has 0 saturated carbocycles. The van der Waals surface area contributed by atoms with E-state index < -0.39 is 11.7 Å². The van der Waals surface area contributed by atoms with Gasteiger partial charge in [-0.3, -0.25) is 4.90 Å². The number of halogens is 2. The minimum atomic E-state index is -1.16. The minimum absolute atomic E-state index is 0.0672. The number of likely N-dealkylation sites (tertiary alicyclic amines) is 1. The zero-order valence-electron chi connectivity index (χ0n) is 8.46. The fourth-order valence-corrected chi connectivity index (χ4v) is 2.81. The molecule has 15 heavy (non-hydrogen) atoms. The van der Waals surface area contributed by atoms with Crippen molar-refractivity contribution in [3.8, 4) is 6.07 Å². The molecule has 2 aliphatic heterocycles. The lowest BCUT2D eigenvalue weighted by atomic mass is 9.93. The van der Waals surface area contributed by atoms with Gasteiger partial charge in [-0.1, -0.05) is 22.6 Å². The highest BCUT2D eigenvalue weighted by molar-refractivity contribution is 14.1. The van der Waals surface area contributed by atoms with Crippen LogP contribution in [0.1, 0.15) is 12.8 Å². The first kappa shape index (κ1) is 11.6. The average Bonchev–Trinajstić information content (AvgIpc) is 2.62. The van der Waals surface area contributed by atoms with E-state index >= 15 is 0 Å². The molecule has 0 aromatic carbocycles. The fraction of sp³-hybridized carbons (Fsp3) is 0.900. The van der Waals surface area contributed by atoms with Gasteiger partial charge in [0, 0.05) is 17.0 Å². The van der Waals surface area contributed by atoms with Gasteiger partial charge < -0.3 is 4.74 Å². The van der Waals surface area contributed by atoms with Gasteiger partial charge in [-0.25, -0.2) is 4.39 Å². The highest BCUT2D eigenvalue weighted by atomic mass is 127. The summed E-state index contributed by atoms with van der Waals surface area (Å²) >= 11 is 2.42. The molecule has 84 valence electrons. The molecule has 2 rings (SSSR count).